The van der Waals surface area contributed by atoms with Gasteiger partial charge in [-0.1, -0.05) is 6.07 Å². The molecule has 0 aliphatic heterocycles. The molecule has 0 saturated heterocycles. The molecule has 110 valence electrons. The highest BCUT2D eigenvalue weighted by molar-refractivity contribution is 7.17. The van der Waals surface area contributed by atoms with Crippen LogP contribution in [0.3, 0.4) is 0 Å². The topological polar surface area (TPSA) is 61.5 Å². The van der Waals surface area contributed by atoms with Crippen molar-refractivity contribution < 1.29 is 14.3 Å². The molecule has 0 saturated carbocycles. The van der Waals surface area contributed by atoms with E-state index < -0.39 is 0 Å². The minimum Gasteiger partial charge on any atom is -0.497 e. The third-order valence-corrected chi connectivity index (χ3v) is 4.51. The van der Waals surface area contributed by atoms with Gasteiger partial charge in [-0.3, -0.25) is 0 Å². The van der Waals surface area contributed by atoms with Crippen molar-refractivity contribution in [2.24, 2.45) is 0 Å². The van der Waals surface area contributed by atoms with Crippen LogP contribution in [0.2, 0.25) is 0 Å². The molecule has 21 heavy (non-hydrogen) atoms. The van der Waals surface area contributed by atoms with Crippen LogP contribution in [0.1, 0.15) is 34.6 Å². The highest BCUT2D eigenvalue weighted by Crippen LogP contribution is 2.47. The van der Waals surface area contributed by atoms with Crippen molar-refractivity contribution in [3.05, 3.63) is 34.2 Å². The number of hydrogen-bond acceptors (Lipinski definition) is 5. The molecule has 3 rings (SSSR count). The Balaban J connectivity index is 2.12. The molecule has 1 aromatic carbocycles. The Morgan fingerprint density at radius 3 is 2.81 bits per heavy atom. The van der Waals surface area contributed by atoms with E-state index in [2.05, 4.69) is 0 Å². The van der Waals surface area contributed by atoms with Crippen molar-refractivity contribution in [2.75, 3.05) is 12.8 Å². The highest BCUT2D eigenvalue weighted by atomic mass is 32.1. The quantitative estimate of drug-likeness (QED) is 0.753. The average Bonchev–Trinajstić information content (AvgIpc) is 2.91. The molecule has 4 nitrogen and oxygen atoms in total. The SMILES string of the molecule is COc1ccc2c(c1)-c1c(sc(N)c1C(=O)OC(C)C)C2. The Labute approximate surface area is 127 Å². The second kappa shape index (κ2) is 5.07. The van der Waals surface area contributed by atoms with Crippen molar-refractivity contribution in [1.82, 2.24) is 0 Å². The molecule has 0 spiro atoms. The van der Waals surface area contributed by atoms with Gasteiger partial charge >= 0.3 is 5.97 Å². The van der Waals surface area contributed by atoms with Crippen LogP contribution in [0.15, 0.2) is 18.2 Å². The Kier molecular flexibility index (Phi) is 3.37. The number of methoxy groups -OCH3 is 1. The number of rotatable bonds is 3. The molecular weight excluding hydrogens is 286 g/mol. The summed E-state index contributed by atoms with van der Waals surface area (Å²) < 4.78 is 10.6. The lowest BCUT2D eigenvalue weighted by atomic mass is 10.0. The molecular formula is C16H17NO3S. The van der Waals surface area contributed by atoms with Gasteiger partial charge in [0.2, 0.25) is 0 Å². The Bertz CT molecular complexity index is 719. The molecule has 1 aliphatic rings. The van der Waals surface area contributed by atoms with Gasteiger partial charge in [0.25, 0.3) is 0 Å². The molecule has 0 unspecified atom stereocenters. The fourth-order valence-electron chi connectivity index (χ4n) is 2.62. The van der Waals surface area contributed by atoms with Crippen molar-refractivity contribution in [2.45, 2.75) is 26.4 Å². The van der Waals surface area contributed by atoms with Gasteiger partial charge < -0.3 is 15.2 Å². The summed E-state index contributed by atoms with van der Waals surface area (Å²) >= 11 is 1.47. The highest BCUT2D eigenvalue weighted by Gasteiger charge is 2.31. The average molecular weight is 303 g/mol. The minimum atomic E-state index is -0.351. The monoisotopic (exact) mass is 303 g/mol. The number of thiophene rings is 1. The minimum absolute atomic E-state index is 0.168. The fourth-order valence-corrected chi connectivity index (χ4v) is 3.72. The van der Waals surface area contributed by atoms with Crippen molar-refractivity contribution in [3.63, 3.8) is 0 Å². The third kappa shape index (κ3) is 2.27. The first-order valence-corrected chi connectivity index (χ1v) is 7.62. The summed E-state index contributed by atoms with van der Waals surface area (Å²) in [5, 5.41) is 0.527. The lowest BCUT2D eigenvalue weighted by Crippen LogP contribution is -2.13. The van der Waals surface area contributed by atoms with E-state index in [9.17, 15) is 4.79 Å². The molecule has 0 amide bonds. The summed E-state index contributed by atoms with van der Waals surface area (Å²) in [5.74, 6) is 0.421. The van der Waals surface area contributed by atoms with Crippen LogP contribution < -0.4 is 10.5 Å². The second-order valence-corrected chi connectivity index (χ2v) is 6.43. The number of anilines is 1. The summed E-state index contributed by atoms with van der Waals surface area (Å²) in [7, 11) is 1.63. The number of nitrogen functional groups attached to an aromatic ring is 1. The van der Waals surface area contributed by atoms with E-state index in [0.717, 1.165) is 28.2 Å². The maximum absolute atomic E-state index is 12.3. The number of carbonyl (C=O) groups is 1. The van der Waals surface area contributed by atoms with Gasteiger partial charge in [0.15, 0.2) is 0 Å². The molecule has 0 atom stereocenters. The van der Waals surface area contributed by atoms with Gasteiger partial charge in [-0.25, -0.2) is 4.79 Å². The van der Waals surface area contributed by atoms with E-state index in [1.54, 1.807) is 7.11 Å². The maximum atomic E-state index is 12.3. The number of benzene rings is 1. The van der Waals surface area contributed by atoms with Gasteiger partial charge in [-0.05, 0) is 37.1 Å². The van der Waals surface area contributed by atoms with E-state index in [0.29, 0.717) is 10.6 Å². The fraction of sp³-hybridized carbons (Fsp3) is 0.312. The Morgan fingerprint density at radius 2 is 2.14 bits per heavy atom. The first kappa shape index (κ1) is 13.9. The molecule has 5 heteroatoms. The summed E-state index contributed by atoms with van der Waals surface area (Å²) in [6.45, 7) is 3.66. The van der Waals surface area contributed by atoms with Crippen molar-refractivity contribution >= 4 is 22.3 Å². The zero-order chi connectivity index (χ0) is 15.1. The molecule has 2 aromatic rings. The molecule has 0 bridgehead atoms. The molecule has 2 N–H and O–H groups in total. The summed E-state index contributed by atoms with van der Waals surface area (Å²) in [6.07, 6.45) is 0.636. The Hall–Kier alpha value is -2.01. The van der Waals surface area contributed by atoms with Gasteiger partial charge in [-0.2, -0.15) is 0 Å². The first-order valence-electron chi connectivity index (χ1n) is 6.80. The normalized spacial score (nSPS) is 12.2. The summed E-state index contributed by atoms with van der Waals surface area (Å²) in [6, 6.07) is 5.93. The number of fused-ring (bicyclic) bond motifs is 3. The predicted molar refractivity (Wildman–Crippen MR) is 84.1 cm³/mol. The van der Waals surface area contributed by atoms with Crippen LogP contribution in [0.4, 0.5) is 5.00 Å². The molecule has 1 heterocycles. The lowest BCUT2D eigenvalue weighted by Gasteiger charge is -2.10. The first-order chi connectivity index (χ1) is 10.0. The summed E-state index contributed by atoms with van der Waals surface area (Å²) in [4.78, 5) is 13.5. The molecule has 1 aliphatic carbocycles. The molecule has 1 aromatic heterocycles. The smallest absolute Gasteiger partial charge is 0.342 e. The predicted octanol–water partition coefficient (Wildman–Crippen LogP) is 3.48. The number of hydrogen-bond donors (Lipinski definition) is 1. The van der Waals surface area contributed by atoms with Crippen LogP contribution in [-0.2, 0) is 11.2 Å². The van der Waals surface area contributed by atoms with E-state index >= 15 is 0 Å². The maximum Gasteiger partial charge on any atom is 0.342 e. The van der Waals surface area contributed by atoms with E-state index in [1.807, 2.05) is 32.0 Å². The largest absolute Gasteiger partial charge is 0.497 e. The third-order valence-electron chi connectivity index (χ3n) is 3.49. The zero-order valence-electron chi connectivity index (χ0n) is 12.2. The van der Waals surface area contributed by atoms with Gasteiger partial charge in [0.1, 0.15) is 16.3 Å². The van der Waals surface area contributed by atoms with Crippen LogP contribution in [0.25, 0.3) is 11.1 Å². The number of nitrogens with two attached hydrogens (primary N) is 1. The second-order valence-electron chi connectivity index (χ2n) is 5.29. The zero-order valence-corrected chi connectivity index (χ0v) is 13.0. The molecule has 0 fully saturated rings. The van der Waals surface area contributed by atoms with E-state index in [4.69, 9.17) is 15.2 Å². The van der Waals surface area contributed by atoms with Crippen molar-refractivity contribution in [3.8, 4) is 16.9 Å². The molecule has 0 radical (unpaired) electrons. The van der Waals surface area contributed by atoms with Gasteiger partial charge in [-0.15, -0.1) is 11.3 Å². The van der Waals surface area contributed by atoms with Gasteiger partial charge in [0, 0.05) is 16.9 Å². The van der Waals surface area contributed by atoms with E-state index in [-0.39, 0.29) is 12.1 Å². The van der Waals surface area contributed by atoms with Gasteiger partial charge in [0.05, 0.1) is 13.2 Å². The number of esters is 1. The number of carbonyl (C=O) groups excluding carboxylic acids is 1. The van der Waals surface area contributed by atoms with Crippen LogP contribution >= 0.6 is 11.3 Å². The lowest BCUT2D eigenvalue weighted by molar-refractivity contribution is 0.0380. The summed E-state index contributed by atoms with van der Waals surface area (Å²) in [5.41, 5.74) is 9.66. The van der Waals surface area contributed by atoms with Crippen LogP contribution in [0.5, 0.6) is 5.75 Å². The van der Waals surface area contributed by atoms with Crippen LogP contribution in [-0.4, -0.2) is 19.2 Å². The number of ether oxygens (including phenoxy) is 2. The van der Waals surface area contributed by atoms with E-state index in [1.165, 1.54) is 16.9 Å². The standard InChI is InChI=1S/C16H17NO3S/c1-8(2)20-16(18)14-13-11-7-10(19-3)5-4-9(11)6-12(13)21-15(14)17/h4-5,7-8H,6,17H2,1-3H3. The van der Waals surface area contributed by atoms with Crippen molar-refractivity contribution in [1.29, 1.82) is 0 Å². The Morgan fingerprint density at radius 1 is 1.38 bits per heavy atom. The van der Waals surface area contributed by atoms with Crippen LogP contribution in [0, 0.1) is 0 Å².